The Labute approximate surface area is 129 Å². The zero-order valence-corrected chi connectivity index (χ0v) is 14.1. The molecule has 0 bridgehead atoms. The third-order valence-electron chi connectivity index (χ3n) is 5.24. The highest BCUT2D eigenvalue weighted by atomic mass is 16.1. The van der Waals surface area contributed by atoms with Gasteiger partial charge in [-0.25, -0.2) is 0 Å². The van der Waals surface area contributed by atoms with Crippen molar-refractivity contribution in [1.82, 2.24) is 15.1 Å². The van der Waals surface area contributed by atoms with Gasteiger partial charge in [-0.3, -0.25) is 14.6 Å². The van der Waals surface area contributed by atoms with E-state index in [0.717, 1.165) is 45.4 Å². The molecule has 1 amide bonds. The van der Waals surface area contributed by atoms with E-state index in [-0.39, 0.29) is 11.9 Å². The molecule has 1 aliphatic carbocycles. The van der Waals surface area contributed by atoms with Gasteiger partial charge in [0.05, 0.1) is 5.54 Å². The van der Waals surface area contributed by atoms with Crippen LogP contribution in [0.25, 0.3) is 0 Å². The summed E-state index contributed by atoms with van der Waals surface area (Å²) in [7, 11) is 0. The van der Waals surface area contributed by atoms with Crippen LogP contribution in [0.1, 0.15) is 47.0 Å². The van der Waals surface area contributed by atoms with Gasteiger partial charge in [0, 0.05) is 37.8 Å². The second kappa shape index (κ2) is 6.63. The summed E-state index contributed by atoms with van der Waals surface area (Å²) >= 11 is 0. The molecule has 0 aromatic carbocycles. The minimum absolute atomic E-state index is 0.182. The van der Waals surface area contributed by atoms with E-state index in [1.165, 1.54) is 0 Å². The summed E-state index contributed by atoms with van der Waals surface area (Å²) < 4.78 is 0. The average molecular weight is 296 g/mol. The van der Waals surface area contributed by atoms with Gasteiger partial charge < -0.3 is 11.1 Å². The van der Waals surface area contributed by atoms with Crippen LogP contribution >= 0.6 is 0 Å². The molecule has 2 aliphatic rings. The Kier molecular flexibility index (Phi) is 5.28. The molecule has 5 heteroatoms. The van der Waals surface area contributed by atoms with Crippen LogP contribution in [0, 0.1) is 0 Å². The number of nitrogens with zero attached hydrogens (tertiary/aromatic N) is 2. The molecule has 2 rings (SSSR count). The van der Waals surface area contributed by atoms with Gasteiger partial charge in [-0.2, -0.15) is 0 Å². The smallest absolute Gasteiger partial charge is 0.237 e. The van der Waals surface area contributed by atoms with E-state index in [4.69, 9.17) is 5.73 Å². The van der Waals surface area contributed by atoms with Crippen LogP contribution in [0.15, 0.2) is 0 Å². The van der Waals surface area contributed by atoms with Gasteiger partial charge in [-0.05, 0) is 46.6 Å². The first-order valence-electron chi connectivity index (χ1n) is 8.43. The number of rotatable bonds is 5. The maximum absolute atomic E-state index is 12.0. The lowest BCUT2D eigenvalue weighted by Gasteiger charge is -2.42. The number of carbonyl (C=O) groups is 1. The van der Waals surface area contributed by atoms with Crippen molar-refractivity contribution in [2.24, 2.45) is 5.73 Å². The Bertz CT molecular complexity index is 373. The molecule has 122 valence electrons. The van der Waals surface area contributed by atoms with Gasteiger partial charge in [-0.1, -0.05) is 6.92 Å². The lowest BCUT2D eigenvalue weighted by atomic mass is 9.95. The van der Waals surface area contributed by atoms with E-state index >= 15 is 0 Å². The first-order valence-corrected chi connectivity index (χ1v) is 8.43. The molecule has 3 N–H and O–H groups in total. The van der Waals surface area contributed by atoms with Crippen LogP contribution in [0.5, 0.6) is 0 Å². The molecule has 0 aromatic heterocycles. The van der Waals surface area contributed by atoms with E-state index in [0.29, 0.717) is 12.1 Å². The lowest BCUT2D eigenvalue weighted by molar-refractivity contribution is -0.124. The fourth-order valence-electron chi connectivity index (χ4n) is 4.13. The van der Waals surface area contributed by atoms with Gasteiger partial charge in [-0.15, -0.1) is 0 Å². The molecule has 5 nitrogen and oxygen atoms in total. The van der Waals surface area contributed by atoms with Gasteiger partial charge in [0.25, 0.3) is 0 Å². The van der Waals surface area contributed by atoms with Gasteiger partial charge in [0.1, 0.15) is 0 Å². The molecule has 0 aromatic rings. The molecular weight excluding hydrogens is 264 g/mol. The zero-order valence-electron chi connectivity index (χ0n) is 14.1. The molecule has 3 unspecified atom stereocenters. The number of likely N-dealkylation sites (N-methyl/N-ethyl adjacent to an activating group) is 1. The summed E-state index contributed by atoms with van der Waals surface area (Å²) in [4.78, 5) is 17.1. The van der Waals surface area contributed by atoms with Crippen molar-refractivity contribution in [2.75, 3.05) is 26.2 Å². The summed E-state index contributed by atoms with van der Waals surface area (Å²) in [6.07, 6.45) is 2.80. The number of hydrogen-bond acceptors (Lipinski definition) is 4. The fraction of sp³-hybridized carbons (Fsp3) is 0.938. The number of amides is 1. The molecule has 2 fully saturated rings. The van der Waals surface area contributed by atoms with Crippen molar-refractivity contribution < 1.29 is 4.79 Å². The Hall–Kier alpha value is -0.650. The number of hydrogen-bond donors (Lipinski definition) is 2. The molecule has 1 aliphatic heterocycles. The van der Waals surface area contributed by atoms with E-state index in [1.807, 2.05) is 0 Å². The highest BCUT2D eigenvalue weighted by Crippen LogP contribution is 2.34. The van der Waals surface area contributed by atoms with Crippen LogP contribution in [-0.4, -0.2) is 65.6 Å². The molecule has 3 atom stereocenters. The van der Waals surface area contributed by atoms with Crippen LogP contribution < -0.4 is 11.1 Å². The van der Waals surface area contributed by atoms with Crippen molar-refractivity contribution in [3.63, 3.8) is 0 Å². The predicted octanol–water partition coefficient (Wildman–Crippen LogP) is 0.787. The Morgan fingerprint density at radius 3 is 2.67 bits per heavy atom. The van der Waals surface area contributed by atoms with Gasteiger partial charge in [0.15, 0.2) is 0 Å². The first-order chi connectivity index (χ1) is 9.88. The molecule has 0 spiro atoms. The third kappa shape index (κ3) is 3.58. The fourth-order valence-corrected chi connectivity index (χ4v) is 4.13. The van der Waals surface area contributed by atoms with Crippen LogP contribution in [0.2, 0.25) is 0 Å². The van der Waals surface area contributed by atoms with Crippen LogP contribution in [-0.2, 0) is 4.79 Å². The normalized spacial score (nSPS) is 35.5. The summed E-state index contributed by atoms with van der Waals surface area (Å²) in [5.41, 5.74) is 5.22. The van der Waals surface area contributed by atoms with Crippen molar-refractivity contribution in [2.45, 2.75) is 70.6 Å². The molecular formula is C16H32N4O. The van der Waals surface area contributed by atoms with Crippen molar-refractivity contribution in [3.8, 4) is 0 Å². The largest absolute Gasteiger partial charge is 0.368 e. The Balaban J connectivity index is 1.99. The first kappa shape index (κ1) is 16.7. The molecule has 1 saturated carbocycles. The van der Waals surface area contributed by atoms with Crippen LogP contribution in [0.4, 0.5) is 0 Å². The maximum Gasteiger partial charge on any atom is 0.237 e. The minimum atomic E-state index is -0.496. The third-order valence-corrected chi connectivity index (χ3v) is 5.24. The number of piperazine rings is 1. The average Bonchev–Trinajstić information content (AvgIpc) is 2.83. The number of nitrogens with one attached hydrogen (secondary N) is 1. The van der Waals surface area contributed by atoms with Crippen molar-refractivity contribution in [3.05, 3.63) is 0 Å². The standard InChI is InChI=1S/C16H32N4O/c1-5-19-8-9-20(11-13(19)4)14-6-7-16(10-14,15(17)21)18-12(2)3/h12-14,18H,5-11H2,1-4H3,(H2,17,21). The Morgan fingerprint density at radius 1 is 1.43 bits per heavy atom. The van der Waals surface area contributed by atoms with E-state index in [9.17, 15) is 4.79 Å². The lowest BCUT2D eigenvalue weighted by Crippen LogP contribution is -2.58. The zero-order chi connectivity index (χ0) is 15.6. The SMILES string of the molecule is CCN1CCN(C2CCC(NC(C)C)(C(N)=O)C2)CC1C. The number of primary amides is 1. The van der Waals surface area contributed by atoms with Crippen LogP contribution in [0.3, 0.4) is 0 Å². The molecule has 21 heavy (non-hydrogen) atoms. The van der Waals surface area contributed by atoms with Crippen molar-refractivity contribution >= 4 is 5.91 Å². The molecule has 1 heterocycles. The van der Waals surface area contributed by atoms with Gasteiger partial charge >= 0.3 is 0 Å². The predicted molar refractivity (Wildman–Crippen MR) is 86.1 cm³/mol. The van der Waals surface area contributed by atoms with E-state index in [2.05, 4.69) is 42.8 Å². The van der Waals surface area contributed by atoms with Gasteiger partial charge in [0.2, 0.25) is 5.91 Å². The summed E-state index contributed by atoms with van der Waals surface area (Å²) in [5.74, 6) is -0.182. The quantitative estimate of drug-likeness (QED) is 0.787. The molecule has 0 radical (unpaired) electrons. The number of carbonyl (C=O) groups excluding carboxylic acids is 1. The summed E-state index contributed by atoms with van der Waals surface area (Å²) in [6.45, 7) is 13.2. The minimum Gasteiger partial charge on any atom is -0.368 e. The topological polar surface area (TPSA) is 61.6 Å². The number of nitrogens with two attached hydrogens (primary N) is 1. The van der Waals surface area contributed by atoms with Crippen molar-refractivity contribution in [1.29, 1.82) is 0 Å². The Morgan fingerprint density at radius 2 is 2.14 bits per heavy atom. The second-order valence-corrected chi connectivity index (χ2v) is 7.11. The second-order valence-electron chi connectivity index (χ2n) is 7.11. The highest BCUT2D eigenvalue weighted by Gasteiger charge is 2.46. The monoisotopic (exact) mass is 296 g/mol. The maximum atomic E-state index is 12.0. The summed E-state index contributed by atoms with van der Waals surface area (Å²) in [6, 6.07) is 1.38. The highest BCUT2D eigenvalue weighted by molar-refractivity contribution is 5.85. The molecule has 1 saturated heterocycles. The van der Waals surface area contributed by atoms with E-state index < -0.39 is 5.54 Å². The van der Waals surface area contributed by atoms with E-state index in [1.54, 1.807) is 0 Å². The summed E-state index contributed by atoms with van der Waals surface area (Å²) in [5, 5.41) is 3.44.